The Morgan fingerprint density at radius 3 is 2.88 bits per heavy atom. The SMILES string of the molecule is COc1c(C)cc(C2CCNC2)cc1C#N. The lowest BCUT2D eigenvalue weighted by molar-refractivity contribution is 0.410. The first-order valence-corrected chi connectivity index (χ1v) is 5.55. The number of aryl methyl sites for hydroxylation is 1. The topological polar surface area (TPSA) is 45.0 Å². The summed E-state index contributed by atoms with van der Waals surface area (Å²) in [5.41, 5.74) is 2.94. The molecule has 16 heavy (non-hydrogen) atoms. The van der Waals surface area contributed by atoms with Crippen LogP contribution in [0.2, 0.25) is 0 Å². The van der Waals surface area contributed by atoms with Crippen LogP contribution >= 0.6 is 0 Å². The van der Waals surface area contributed by atoms with Gasteiger partial charge in [-0.25, -0.2) is 0 Å². The van der Waals surface area contributed by atoms with Crippen LogP contribution in [0.4, 0.5) is 0 Å². The predicted molar refractivity (Wildman–Crippen MR) is 62.7 cm³/mol. The van der Waals surface area contributed by atoms with Crippen molar-refractivity contribution in [3.8, 4) is 11.8 Å². The molecule has 0 amide bonds. The maximum absolute atomic E-state index is 9.10. The summed E-state index contributed by atoms with van der Waals surface area (Å²) in [5, 5.41) is 12.4. The Balaban J connectivity index is 2.41. The molecule has 1 N–H and O–H groups in total. The summed E-state index contributed by atoms with van der Waals surface area (Å²) in [6.45, 7) is 4.07. The molecular formula is C13H16N2O. The molecule has 2 rings (SSSR count). The van der Waals surface area contributed by atoms with Crippen molar-refractivity contribution in [3.05, 3.63) is 28.8 Å². The van der Waals surface area contributed by atoms with Crippen LogP contribution in [-0.2, 0) is 0 Å². The van der Waals surface area contributed by atoms with E-state index in [1.54, 1.807) is 7.11 Å². The second-order valence-corrected chi connectivity index (χ2v) is 4.22. The molecular weight excluding hydrogens is 200 g/mol. The number of nitriles is 1. The minimum atomic E-state index is 0.539. The Hall–Kier alpha value is -1.53. The van der Waals surface area contributed by atoms with Crippen LogP contribution in [0, 0.1) is 18.3 Å². The van der Waals surface area contributed by atoms with Gasteiger partial charge in [-0.1, -0.05) is 6.07 Å². The number of hydrogen-bond donors (Lipinski definition) is 1. The third-order valence-electron chi connectivity index (χ3n) is 3.15. The minimum Gasteiger partial charge on any atom is -0.495 e. The van der Waals surface area contributed by atoms with E-state index in [1.807, 2.05) is 13.0 Å². The first-order chi connectivity index (χ1) is 7.76. The van der Waals surface area contributed by atoms with E-state index in [4.69, 9.17) is 10.00 Å². The Labute approximate surface area is 96.0 Å². The minimum absolute atomic E-state index is 0.539. The molecule has 1 fully saturated rings. The van der Waals surface area contributed by atoms with Crippen LogP contribution in [0.5, 0.6) is 5.75 Å². The van der Waals surface area contributed by atoms with Crippen molar-refractivity contribution >= 4 is 0 Å². The van der Waals surface area contributed by atoms with Gasteiger partial charge in [-0.2, -0.15) is 5.26 Å². The van der Waals surface area contributed by atoms with Crippen molar-refractivity contribution < 1.29 is 4.74 Å². The largest absolute Gasteiger partial charge is 0.495 e. The summed E-state index contributed by atoms with van der Waals surface area (Å²) in [6, 6.07) is 6.30. The van der Waals surface area contributed by atoms with Gasteiger partial charge in [-0.15, -0.1) is 0 Å². The van der Waals surface area contributed by atoms with Crippen LogP contribution in [0.3, 0.4) is 0 Å². The lowest BCUT2D eigenvalue weighted by atomic mass is 9.94. The molecule has 0 aliphatic carbocycles. The molecule has 0 aromatic heterocycles. The molecule has 1 aromatic rings. The number of nitrogens with zero attached hydrogens (tertiary/aromatic N) is 1. The van der Waals surface area contributed by atoms with Crippen molar-refractivity contribution in [2.75, 3.05) is 20.2 Å². The summed E-state index contributed by atoms with van der Waals surface area (Å²) < 4.78 is 5.25. The molecule has 1 aliphatic heterocycles. The monoisotopic (exact) mass is 216 g/mol. The van der Waals surface area contributed by atoms with Crippen molar-refractivity contribution in [1.82, 2.24) is 5.32 Å². The predicted octanol–water partition coefficient (Wildman–Crippen LogP) is 1.95. The summed E-state index contributed by atoms with van der Waals surface area (Å²) >= 11 is 0. The molecule has 1 unspecified atom stereocenters. The van der Waals surface area contributed by atoms with Crippen LogP contribution in [0.15, 0.2) is 12.1 Å². The molecule has 1 saturated heterocycles. The number of methoxy groups -OCH3 is 1. The van der Waals surface area contributed by atoms with E-state index in [-0.39, 0.29) is 0 Å². The molecule has 0 spiro atoms. The second-order valence-electron chi connectivity index (χ2n) is 4.22. The highest BCUT2D eigenvalue weighted by Gasteiger charge is 2.19. The fourth-order valence-electron chi connectivity index (χ4n) is 2.33. The molecule has 3 heteroatoms. The molecule has 0 radical (unpaired) electrons. The van der Waals surface area contributed by atoms with Gasteiger partial charge < -0.3 is 10.1 Å². The number of nitrogens with one attached hydrogen (secondary N) is 1. The van der Waals surface area contributed by atoms with Gasteiger partial charge in [0.15, 0.2) is 0 Å². The van der Waals surface area contributed by atoms with Crippen molar-refractivity contribution in [2.24, 2.45) is 0 Å². The average molecular weight is 216 g/mol. The van der Waals surface area contributed by atoms with Gasteiger partial charge in [0, 0.05) is 6.54 Å². The van der Waals surface area contributed by atoms with E-state index in [0.29, 0.717) is 17.2 Å². The van der Waals surface area contributed by atoms with Crippen LogP contribution in [0.1, 0.15) is 29.0 Å². The third kappa shape index (κ3) is 1.89. The highest BCUT2D eigenvalue weighted by molar-refractivity contribution is 5.51. The van der Waals surface area contributed by atoms with Crippen molar-refractivity contribution in [3.63, 3.8) is 0 Å². The van der Waals surface area contributed by atoms with E-state index in [1.165, 1.54) is 5.56 Å². The van der Waals surface area contributed by atoms with Crippen LogP contribution < -0.4 is 10.1 Å². The summed E-state index contributed by atoms with van der Waals surface area (Å²) in [7, 11) is 1.61. The zero-order valence-electron chi connectivity index (χ0n) is 9.71. The Kier molecular flexibility index (Phi) is 3.12. The van der Waals surface area contributed by atoms with Gasteiger partial charge in [0.2, 0.25) is 0 Å². The van der Waals surface area contributed by atoms with E-state index < -0.39 is 0 Å². The highest BCUT2D eigenvalue weighted by Crippen LogP contribution is 2.30. The van der Waals surface area contributed by atoms with Crippen LogP contribution in [-0.4, -0.2) is 20.2 Å². The van der Waals surface area contributed by atoms with Crippen molar-refractivity contribution in [1.29, 1.82) is 5.26 Å². The standard InChI is InChI=1S/C13H16N2O/c1-9-5-11(10-3-4-15-8-10)6-12(7-14)13(9)16-2/h5-6,10,15H,3-4,8H2,1-2H3. The zero-order valence-corrected chi connectivity index (χ0v) is 9.71. The number of rotatable bonds is 2. The maximum Gasteiger partial charge on any atom is 0.139 e. The lowest BCUT2D eigenvalue weighted by Gasteiger charge is -2.13. The number of benzene rings is 1. The van der Waals surface area contributed by atoms with Gasteiger partial charge in [0.25, 0.3) is 0 Å². The molecule has 84 valence electrons. The Morgan fingerprint density at radius 1 is 1.50 bits per heavy atom. The van der Waals surface area contributed by atoms with Gasteiger partial charge in [-0.05, 0) is 43.0 Å². The summed E-state index contributed by atoms with van der Waals surface area (Å²) in [4.78, 5) is 0. The van der Waals surface area contributed by atoms with Gasteiger partial charge in [-0.3, -0.25) is 0 Å². The summed E-state index contributed by atoms with van der Waals surface area (Å²) in [5.74, 6) is 1.24. The Bertz CT molecular complexity index is 428. The maximum atomic E-state index is 9.10. The van der Waals surface area contributed by atoms with Gasteiger partial charge in [0.1, 0.15) is 11.8 Å². The van der Waals surface area contributed by atoms with Gasteiger partial charge >= 0.3 is 0 Å². The first kappa shape index (κ1) is 11.0. The second kappa shape index (κ2) is 4.54. The first-order valence-electron chi connectivity index (χ1n) is 5.55. The molecule has 0 saturated carbocycles. The fraction of sp³-hybridized carbons (Fsp3) is 0.462. The van der Waals surface area contributed by atoms with E-state index in [0.717, 1.165) is 25.1 Å². The molecule has 3 nitrogen and oxygen atoms in total. The Morgan fingerprint density at radius 2 is 2.31 bits per heavy atom. The fourth-order valence-corrected chi connectivity index (χ4v) is 2.33. The van der Waals surface area contributed by atoms with Crippen molar-refractivity contribution in [2.45, 2.75) is 19.3 Å². The number of hydrogen-bond acceptors (Lipinski definition) is 3. The quantitative estimate of drug-likeness (QED) is 0.821. The molecule has 1 atom stereocenters. The van der Waals surface area contributed by atoms with E-state index in [9.17, 15) is 0 Å². The number of ether oxygens (including phenoxy) is 1. The lowest BCUT2D eigenvalue weighted by Crippen LogP contribution is -2.08. The molecule has 1 aromatic carbocycles. The molecule has 1 heterocycles. The molecule has 0 bridgehead atoms. The van der Waals surface area contributed by atoms with E-state index in [2.05, 4.69) is 17.5 Å². The normalized spacial score (nSPS) is 19.4. The summed E-state index contributed by atoms with van der Waals surface area (Å²) in [6.07, 6.45) is 1.15. The van der Waals surface area contributed by atoms with Gasteiger partial charge in [0.05, 0.1) is 12.7 Å². The molecule has 1 aliphatic rings. The average Bonchev–Trinajstić information content (AvgIpc) is 2.81. The zero-order chi connectivity index (χ0) is 11.5. The smallest absolute Gasteiger partial charge is 0.139 e. The van der Waals surface area contributed by atoms with Crippen LogP contribution in [0.25, 0.3) is 0 Å². The van der Waals surface area contributed by atoms with E-state index >= 15 is 0 Å². The third-order valence-corrected chi connectivity index (χ3v) is 3.15. The highest BCUT2D eigenvalue weighted by atomic mass is 16.5.